The Morgan fingerprint density at radius 1 is 0.879 bits per heavy atom. The van der Waals surface area contributed by atoms with E-state index in [-0.39, 0.29) is 52.8 Å². The van der Waals surface area contributed by atoms with Gasteiger partial charge in [-0.25, -0.2) is 0 Å². The van der Waals surface area contributed by atoms with Crippen molar-refractivity contribution in [1.82, 2.24) is 0 Å². The molecule has 0 aliphatic heterocycles. The van der Waals surface area contributed by atoms with Gasteiger partial charge in [-0.1, -0.05) is 20.8 Å². The number of ether oxygens (including phenoxy) is 3. The van der Waals surface area contributed by atoms with Crippen molar-refractivity contribution in [3.05, 3.63) is 0 Å². The van der Waals surface area contributed by atoms with Gasteiger partial charge in [-0.05, 0) is 86.4 Å². The van der Waals surface area contributed by atoms with Crippen molar-refractivity contribution in [2.75, 3.05) is 7.11 Å². The van der Waals surface area contributed by atoms with Gasteiger partial charge in [0.1, 0.15) is 12.2 Å². The zero-order valence-electron chi connectivity index (χ0n) is 21.2. The molecule has 0 N–H and O–H groups in total. The van der Waals surface area contributed by atoms with Crippen LogP contribution in [0.5, 0.6) is 0 Å². The summed E-state index contributed by atoms with van der Waals surface area (Å²) < 4.78 is 16.8. The van der Waals surface area contributed by atoms with Crippen LogP contribution in [-0.2, 0) is 28.6 Å². The molecule has 0 amide bonds. The fourth-order valence-corrected chi connectivity index (χ4v) is 9.08. The highest BCUT2D eigenvalue weighted by molar-refractivity contribution is 5.72. The highest BCUT2D eigenvalue weighted by Crippen LogP contribution is 2.68. The Hall–Kier alpha value is -1.59. The molecule has 4 aliphatic rings. The maximum absolute atomic E-state index is 12.5. The number of rotatable bonds is 4. The minimum Gasteiger partial charge on any atom is -0.469 e. The second-order valence-electron chi connectivity index (χ2n) is 11.9. The van der Waals surface area contributed by atoms with Crippen molar-refractivity contribution in [3.63, 3.8) is 0 Å². The van der Waals surface area contributed by atoms with Crippen LogP contribution in [0.25, 0.3) is 0 Å². The molecule has 4 saturated carbocycles. The van der Waals surface area contributed by atoms with E-state index >= 15 is 0 Å². The van der Waals surface area contributed by atoms with E-state index in [4.69, 9.17) is 14.2 Å². The molecule has 0 unspecified atom stereocenters. The quantitative estimate of drug-likeness (QED) is 0.435. The molecule has 6 nitrogen and oxygen atoms in total. The summed E-state index contributed by atoms with van der Waals surface area (Å²) in [6.07, 6.45) is 8.03. The Bertz CT molecular complexity index is 793. The molecule has 4 rings (SSSR count). The molecule has 0 radical (unpaired) electrons. The van der Waals surface area contributed by atoms with E-state index < -0.39 is 0 Å². The van der Waals surface area contributed by atoms with Crippen LogP contribution in [0.2, 0.25) is 0 Å². The van der Waals surface area contributed by atoms with Crippen molar-refractivity contribution in [2.24, 2.45) is 46.3 Å². The zero-order chi connectivity index (χ0) is 24.1. The Labute approximate surface area is 198 Å². The summed E-state index contributed by atoms with van der Waals surface area (Å²) >= 11 is 0. The summed E-state index contributed by atoms with van der Waals surface area (Å²) in [6, 6.07) is 0. The van der Waals surface area contributed by atoms with Gasteiger partial charge in [-0.3, -0.25) is 14.4 Å². The summed E-state index contributed by atoms with van der Waals surface area (Å²) in [7, 11) is 1.46. The Kier molecular flexibility index (Phi) is 6.60. The van der Waals surface area contributed by atoms with Crippen LogP contribution in [0.4, 0.5) is 0 Å². The first-order valence-electron chi connectivity index (χ1n) is 12.9. The molecule has 33 heavy (non-hydrogen) atoms. The maximum Gasteiger partial charge on any atom is 0.308 e. The second kappa shape index (κ2) is 8.88. The molecule has 0 heterocycles. The van der Waals surface area contributed by atoms with E-state index in [2.05, 4.69) is 13.8 Å². The first-order chi connectivity index (χ1) is 15.5. The molecule has 4 aliphatic carbocycles. The lowest BCUT2D eigenvalue weighted by molar-refractivity contribution is -0.198. The van der Waals surface area contributed by atoms with E-state index in [1.165, 1.54) is 27.4 Å². The van der Waals surface area contributed by atoms with Crippen molar-refractivity contribution >= 4 is 17.9 Å². The monoisotopic (exact) mass is 462 g/mol. The second-order valence-corrected chi connectivity index (χ2v) is 11.9. The number of methoxy groups -OCH3 is 1. The van der Waals surface area contributed by atoms with Crippen molar-refractivity contribution < 1.29 is 28.6 Å². The number of fused-ring (bicyclic) bond motifs is 5. The third kappa shape index (κ3) is 3.99. The van der Waals surface area contributed by atoms with Gasteiger partial charge in [0.2, 0.25) is 0 Å². The normalized spacial score (nSPS) is 45.1. The third-order valence-electron chi connectivity index (χ3n) is 10.6. The van der Waals surface area contributed by atoms with Crippen molar-refractivity contribution in [3.8, 4) is 0 Å². The van der Waals surface area contributed by atoms with Crippen molar-refractivity contribution in [1.29, 1.82) is 0 Å². The van der Waals surface area contributed by atoms with Crippen molar-refractivity contribution in [2.45, 2.75) is 98.2 Å². The van der Waals surface area contributed by atoms with Crippen LogP contribution in [0.3, 0.4) is 0 Å². The van der Waals surface area contributed by atoms with Gasteiger partial charge in [-0.15, -0.1) is 0 Å². The number of hydrogen-bond donors (Lipinski definition) is 0. The van der Waals surface area contributed by atoms with Gasteiger partial charge >= 0.3 is 17.9 Å². The number of esters is 3. The zero-order valence-corrected chi connectivity index (χ0v) is 21.2. The molecule has 0 spiro atoms. The van der Waals surface area contributed by atoms with Gasteiger partial charge in [0.15, 0.2) is 0 Å². The van der Waals surface area contributed by atoms with Crippen LogP contribution in [0, 0.1) is 46.3 Å². The predicted molar refractivity (Wildman–Crippen MR) is 123 cm³/mol. The molecule has 186 valence electrons. The Morgan fingerprint density at radius 2 is 1.58 bits per heavy atom. The van der Waals surface area contributed by atoms with E-state index in [1.807, 2.05) is 6.92 Å². The van der Waals surface area contributed by atoms with Gasteiger partial charge in [0.05, 0.1) is 13.0 Å². The van der Waals surface area contributed by atoms with Gasteiger partial charge in [-0.2, -0.15) is 0 Å². The van der Waals surface area contributed by atoms with Crippen LogP contribution < -0.4 is 0 Å². The lowest BCUT2D eigenvalue weighted by atomic mass is 9.43. The summed E-state index contributed by atoms with van der Waals surface area (Å²) in [5.41, 5.74) is -0.0378. The lowest BCUT2D eigenvalue weighted by Gasteiger charge is -2.62. The van der Waals surface area contributed by atoms with E-state index in [1.54, 1.807) is 0 Å². The Morgan fingerprint density at radius 3 is 2.21 bits per heavy atom. The number of carbonyl (C=O) groups excluding carboxylic acids is 3. The molecule has 0 bridgehead atoms. The minimum atomic E-state index is -0.231. The standard InChI is InChI=1S/C27H42O6/c1-15(25(30)31-6)21-9-10-22-20-8-7-18-13-19(32-16(2)28)11-12-26(18,4)23(20)14-24(27(21,22)5)33-17(3)29/h15,18-24H,7-14H2,1-6H3/t15-,18+,19+,20-,21-,22+,23-,24-,26-,27+/m0/s1. The molecule has 0 aromatic carbocycles. The summed E-state index contributed by atoms with van der Waals surface area (Å²) in [6.45, 7) is 9.71. The molecule has 0 saturated heterocycles. The highest BCUT2D eigenvalue weighted by atomic mass is 16.5. The number of hydrogen-bond acceptors (Lipinski definition) is 6. The average molecular weight is 463 g/mol. The van der Waals surface area contributed by atoms with E-state index in [9.17, 15) is 14.4 Å². The molecule has 4 fully saturated rings. The lowest BCUT2D eigenvalue weighted by Crippen LogP contribution is -2.60. The van der Waals surface area contributed by atoms with Crippen LogP contribution in [0.1, 0.15) is 86.0 Å². The molecule has 0 aromatic heterocycles. The fraction of sp³-hybridized carbons (Fsp3) is 0.889. The summed E-state index contributed by atoms with van der Waals surface area (Å²) in [5, 5.41) is 0. The minimum absolute atomic E-state index is 0.0343. The smallest absolute Gasteiger partial charge is 0.308 e. The topological polar surface area (TPSA) is 78.9 Å². The number of carbonyl (C=O) groups is 3. The fourth-order valence-electron chi connectivity index (χ4n) is 9.08. The first kappa shape index (κ1) is 24.5. The summed E-state index contributed by atoms with van der Waals surface area (Å²) in [4.78, 5) is 36.3. The Balaban J connectivity index is 1.64. The SMILES string of the molecule is COC(=O)[C@@H](C)[C@@H]1CC[C@@H]2[C@@H]3CC[C@@H]4C[C@H](OC(C)=O)CC[C@]4(C)[C@H]3C[C@H](OC(C)=O)[C@@]21C. The highest BCUT2D eigenvalue weighted by Gasteiger charge is 2.65. The van der Waals surface area contributed by atoms with Crippen LogP contribution >= 0.6 is 0 Å². The predicted octanol–water partition coefficient (Wildman–Crippen LogP) is 4.93. The summed E-state index contributed by atoms with van der Waals surface area (Å²) in [5.74, 6) is 1.43. The average Bonchev–Trinajstić information content (AvgIpc) is 3.11. The molecule has 10 atom stereocenters. The molecular weight excluding hydrogens is 420 g/mol. The van der Waals surface area contributed by atoms with E-state index in [0.717, 1.165) is 44.9 Å². The van der Waals surface area contributed by atoms with Gasteiger partial charge < -0.3 is 14.2 Å². The largest absolute Gasteiger partial charge is 0.469 e. The van der Waals surface area contributed by atoms with Gasteiger partial charge in [0.25, 0.3) is 0 Å². The van der Waals surface area contributed by atoms with E-state index in [0.29, 0.717) is 23.7 Å². The molecule has 0 aromatic rings. The van der Waals surface area contributed by atoms with Gasteiger partial charge in [0, 0.05) is 19.3 Å². The van der Waals surface area contributed by atoms with Crippen LogP contribution in [-0.4, -0.2) is 37.2 Å². The molecular formula is C27H42O6. The van der Waals surface area contributed by atoms with Crippen LogP contribution in [0.15, 0.2) is 0 Å². The molecule has 6 heteroatoms. The maximum atomic E-state index is 12.5. The first-order valence-corrected chi connectivity index (χ1v) is 12.9. The third-order valence-corrected chi connectivity index (χ3v) is 10.6.